The average Bonchev–Trinajstić information content (AvgIpc) is 3.50. The van der Waals surface area contributed by atoms with E-state index >= 15 is 0 Å². The third kappa shape index (κ3) is 3.49. The van der Waals surface area contributed by atoms with Gasteiger partial charge in [0.05, 0.1) is 36.3 Å². The number of aliphatic hydroxyl groups excluding tert-OH is 2. The van der Waals surface area contributed by atoms with E-state index in [9.17, 15) is 15.0 Å². The predicted molar refractivity (Wildman–Crippen MR) is 126 cm³/mol. The van der Waals surface area contributed by atoms with Gasteiger partial charge in [0.25, 0.3) is 0 Å². The van der Waals surface area contributed by atoms with Crippen molar-refractivity contribution in [3.8, 4) is 0 Å². The summed E-state index contributed by atoms with van der Waals surface area (Å²) >= 11 is 0. The fourth-order valence-electron chi connectivity index (χ4n) is 4.89. The summed E-state index contributed by atoms with van der Waals surface area (Å²) in [4.78, 5) is 33.1. The second-order valence-electron chi connectivity index (χ2n) is 9.00. The van der Waals surface area contributed by atoms with Crippen LogP contribution in [0, 0.1) is 6.92 Å². The molecule has 2 aromatic heterocycles. The molecule has 0 spiro atoms. The van der Waals surface area contributed by atoms with Crippen molar-refractivity contribution in [3.05, 3.63) is 18.0 Å². The lowest BCUT2D eigenvalue weighted by molar-refractivity contribution is -0.123. The first kappa shape index (κ1) is 22.1. The second-order valence-corrected chi connectivity index (χ2v) is 9.00. The van der Waals surface area contributed by atoms with E-state index in [0.29, 0.717) is 41.3 Å². The van der Waals surface area contributed by atoms with E-state index in [2.05, 4.69) is 30.9 Å². The molecular weight excluding hydrogens is 456 g/mol. The first-order valence-corrected chi connectivity index (χ1v) is 11.3. The molecule has 1 aromatic carbocycles. The lowest BCUT2D eigenvalue weighted by Gasteiger charge is -2.31. The van der Waals surface area contributed by atoms with Crippen LogP contribution in [0.4, 0.5) is 11.6 Å². The maximum absolute atomic E-state index is 12.9. The number of guanidine groups is 1. The number of amides is 1. The highest BCUT2D eigenvalue weighted by Crippen LogP contribution is 2.32. The van der Waals surface area contributed by atoms with Crippen LogP contribution >= 0.6 is 0 Å². The molecule has 0 aliphatic carbocycles. The number of aryl methyl sites for hydroxylation is 2. The number of imidazole rings is 1. The molecular formula is C21H26N10O4. The molecule has 1 amide bonds. The summed E-state index contributed by atoms with van der Waals surface area (Å²) in [6.07, 6.45) is -0.514. The van der Waals surface area contributed by atoms with Gasteiger partial charge in [0, 0.05) is 19.7 Å². The topological polar surface area (TPSA) is 188 Å². The molecule has 2 saturated heterocycles. The first-order valence-electron chi connectivity index (χ1n) is 11.3. The van der Waals surface area contributed by atoms with Crippen LogP contribution in [0.2, 0.25) is 0 Å². The van der Waals surface area contributed by atoms with Crippen molar-refractivity contribution >= 4 is 45.6 Å². The van der Waals surface area contributed by atoms with Crippen LogP contribution in [0.5, 0.6) is 0 Å². The van der Waals surface area contributed by atoms with Crippen molar-refractivity contribution in [2.75, 3.05) is 24.3 Å². The van der Waals surface area contributed by atoms with Gasteiger partial charge in [0.15, 0.2) is 0 Å². The number of anilines is 2. The minimum atomic E-state index is -0.783. The Morgan fingerprint density at radius 3 is 2.91 bits per heavy atom. The maximum Gasteiger partial charge on any atom is 0.247 e. The smallest absolute Gasteiger partial charge is 0.247 e. The lowest BCUT2D eigenvalue weighted by Crippen LogP contribution is -2.56. The Hall–Kier alpha value is -3.43. The van der Waals surface area contributed by atoms with Gasteiger partial charge in [-0.05, 0) is 13.0 Å². The Balaban J connectivity index is 1.37. The summed E-state index contributed by atoms with van der Waals surface area (Å²) in [5.74, 6) is 0.352. The Morgan fingerprint density at radius 2 is 2.14 bits per heavy atom. The van der Waals surface area contributed by atoms with Gasteiger partial charge in [-0.25, -0.2) is 19.9 Å². The molecule has 5 heterocycles. The quantitative estimate of drug-likeness (QED) is 0.250. The van der Waals surface area contributed by atoms with Gasteiger partial charge in [-0.15, -0.1) is 0 Å². The summed E-state index contributed by atoms with van der Waals surface area (Å²) < 4.78 is 7.56. The molecule has 3 aliphatic heterocycles. The van der Waals surface area contributed by atoms with E-state index < -0.39 is 30.6 Å². The molecule has 5 atom stereocenters. The summed E-state index contributed by atoms with van der Waals surface area (Å²) in [6, 6.07) is 1.27. The predicted octanol–water partition coefficient (Wildman–Crippen LogP) is -1.67. The summed E-state index contributed by atoms with van der Waals surface area (Å²) in [5, 5.41) is 28.7. The zero-order chi connectivity index (χ0) is 24.4. The highest BCUT2D eigenvalue weighted by molar-refractivity contribution is 6.14. The van der Waals surface area contributed by atoms with E-state index in [1.165, 1.54) is 0 Å². The fourth-order valence-corrected chi connectivity index (χ4v) is 4.89. The Bertz CT molecular complexity index is 1370. The number of nitrogens with two attached hydrogens (primary N) is 1. The number of benzene rings is 1. The van der Waals surface area contributed by atoms with Crippen LogP contribution in [0.15, 0.2) is 17.3 Å². The van der Waals surface area contributed by atoms with Gasteiger partial charge in [0.2, 0.25) is 17.8 Å². The Morgan fingerprint density at radius 1 is 1.31 bits per heavy atom. The number of ether oxygens (including phenoxy) is 1. The molecule has 14 heteroatoms. The molecule has 7 N–H and O–H groups in total. The zero-order valence-corrected chi connectivity index (χ0v) is 19.1. The number of aromatic nitrogens is 4. The molecule has 14 nitrogen and oxygen atoms in total. The number of aliphatic imine (C=N–C) groups is 1. The third-order valence-electron chi connectivity index (χ3n) is 6.75. The zero-order valence-electron chi connectivity index (χ0n) is 19.1. The summed E-state index contributed by atoms with van der Waals surface area (Å²) in [5.41, 5.74) is 9.91. The number of nitrogens with one attached hydrogen (secondary N) is 3. The number of rotatable bonds is 3. The van der Waals surface area contributed by atoms with Crippen molar-refractivity contribution in [3.63, 3.8) is 0 Å². The van der Waals surface area contributed by atoms with Gasteiger partial charge in [-0.3, -0.25) is 20.4 Å². The number of hydrogen-bond donors (Lipinski definition) is 6. The van der Waals surface area contributed by atoms with Gasteiger partial charge in [-0.1, -0.05) is 0 Å². The molecule has 0 radical (unpaired) electrons. The van der Waals surface area contributed by atoms with Gasteiger partial charge >= 0.3 is 0 Å². The van der Waals surface area contributed by atoms with Crippen molar-refractivity contribution in [1.82, 2.24) is 35.1 Å². The SMILES string of the molecule is Cc1cnc2c(NC3=NC4C(NCN4[C@H]4CC(O)[C@@H](CO)O4)C(=O)N3)cc3c(nc(N)n3C)c2n1. The number of nitrogen functional groups attached to an aromatic ring is 1. The fraction of sp³-hybridized carbons (Fsp3) is 0.476. The molecule has 0 bridgehead atoms. The van der Waals surface area contributed by atoms with Crippen LogP contribution in [-0.2, 0) is 16.6 Å². The average molecular weight is 483 g/mol. The number of fused-ring (bicyclic) bond motifs is 4. The van der Waals surface area contributed by atoms with E-state index in [1.807, 2.05) is 24.9 Å². The second kappa shape index (κ2) is 8.07. The number of nitrogens with zero attached hydrogens (tertiary/aromatic N) is 6. The Kier molecular flexibility index (Phi) is 5.08. The van der Waals surface area contributed by atoms with Gasteiger partial charge in [-0.2, -0.15) is 0 Å². The molecule has 3 unspecified atom stereocenters. The van der Waals surface area contributed by atoms with Crippen molar-refractivity contribution in [2.24, 2.45) is 12.0 Å². The number of carbonyl (C=O) groups is 1. The largest absolute Gasteiger partial charge is 0.394 e. The van der Waals surface area contributed by atoms with Crippen LogP contribution in [0.1, 0.15) is 12.1 Å². The van der Waals surface area contributed by atoms with E-state index in [1.54, 1.807) is 10.8 Å². The molecule has 184 valence electrons. The van der Waals surface area contributed by atoms with Crippen molar-refractivity contribution in [1.29, 1.82) is 0 Å². The summed E-state index contributed by atoms with van der Waals surface area (Å²) in [7, 11) is 1.81. The Labute approximate surface area is 199 Å². The first-order chi connectivity index (χ1) is 16.8. The normalized spacial score (nSPS) is 29.0. The highest BCUT2D eigenvalue weighted by Gasteiger charge is 2.48. The third-order valence-corrected chi connectivity index (χ3v) is 6.75. The van der Waals surface area contributed by atoms with Gasteiger partial charge < -0.3 is 30.6 Å². The summed E-state index contributed by atoms with van der Waals surface area (Å²) in [6.45, 7) is 1.92. The van der Waals surface area contributed by atoms with E-state index in [0.717, 1.165) is 11.2 Å². The van der Waals surface area contributed by atoms with Crippen molar-refractivity contribution < 1.29 is 19.7 Å². The lowest BCUT2D eigenvalue weighted by atomic mass is 10.1. The molecule has 2 fully saturated rings. The number of aliphatic hydroxyl groups is 2. The molecule has 0 saturated carbocycles. The molecule has 3 aromatic rings. The van der Waals surface area contributed by atoms with Crippen LogP contribution < -0.4 is 21.7 Å². The van der Waals surface area contributed by atoms with Gasteiger partial charge in [0.1, 0.15) is 41.1 Å². The minimum Gasteiger partial charge on any atom is -0.394 e. The number of carbonyl (C=O) groups excluding carboxylic acids is 1. The molecule has 6 rings (SSSR count). The monoisotopic (exact) mass is 482 g/mol. The molecule has 3 aliphatic rings. The number of hydrogen-bond acceptors (Lipinski definition) is 12. The van der Waals surface area contributed by atoms with Crippen LogP contribution in [-0.4, -0.2) is 90.4 Å². The highest BCUT2D eigenvalue weighted by atomic mass is 16.5. The van der Waals surface area contributed by atoms with E-state index in [4.69, 9.17) is 15.5 Å². The maximum atomic E-state index is 12.9. The van der Waals surface area contributed by atoms with E-state index in [-0.39, 0.29) is 18.5 Å². The molecule has 35 heavy (non-hydrogen) atoms. The van der Waals surface area contributed by atoms with Crippen molar-refractivity contribution in [2.45, 2.75) is 44.0 Å². The standard InChI is InChI=1S/C21H26N10O4/c1-8-5-23-14-9(3-10-15(16(14)25-8)27-20(22)30(10)2)26-21-28-18-17(19(34)29-21)24-7-31(18)13-4-11(33)12(6-32)35-13/h3,5,11-13,17-18,24,32-33H,4,6-7H2,1-2H3,(H2,22,27)(H2,26,28,29,34)/t11?,12-,13-,17?,18?/m1/s1. The van der Waals surface area contributed by atoms with Crippen LogP contribution in [0.25, 0.3) is 22.1 Å². The minimum absolute atomic E-state index is 0.246. The van der Waals surface area contributed by atoms with Crippen LogP contribution in [0.3, 0.4) is 0 Å².